The predicted octanol–water partition coefficient (Wildman–Crippen LogP) is 6.00. The summed E-state index contributed by atoms with van der Waals surface area (Å²) in [6.07, 6.45) is -1.59. The highest BCUT2D eigenvalue weighted by molar-refractivity contribution is 7.90. The molecular formula is C31H31Cl2FN2O6S. The summed E-state index contributed by atoms with van der Waals surface area (Å²) in [7, 11) is -3.94. The van der Waals surface area contributed by atoms with Crippen molar-refractivity contribution >= 4 is 45.1 Å². The van der Waals surface area contributed by atoms with Crippen LogP contribution in [-0.2, 0) is 29.1 Å². The van der Waals surface area contributed by atoms with Gasteiger partial charge in [-0.2, -0.15) is 0 Å². The maximum atomic E-state index is 14.0. The highest BCUT2D eigenvalue weighted by Crippen LogP contribution is 2.52. The minimum absolute atomic E-state index is 0.125. The fourth-order valence-corrected chi connectivity index (χ4v) is 7.86. The number of aliphatic carboxylic acids is 1. The molecule has 1 saturated heterocycles. The minimum atomic E-state index is -3.94. The van der Waals surface area contributed by atoms with Crippen LogP contribution < -0.4 is 4.72 Å². The van der Waals surface area contributed by atoms with Crippen LogP contribution in [0.15, 0.2) is 72.8 Å². The van der Waals surface area contributed by atoms with Gasteiger partial charge in [0.2, 0.25) is 10.0 Å². The summed E-state index contributed by atoms with van der Waals surface area (Å²) < 4.78 is 48.7. The zero-order valence-corrected chi connectivity index (χ0v) is 25.6. The number of sulfonamides is 1. The van der Waals surface area contributed by atoms with Crippen molar-refractivity contribution in [3.8, 4) is 0 Å². The van der Waals surface area contributed by atoms with Gasteiger partial charge in [0.15, 0.2) is 0 Å². The largest absolute Gasteiger partial charge is 0.481 e. The molecule has 43 heavy (non-hydrogen) atoms. The average Bonchev–Trinajstić information content (AvgIpc) is 3.79. The molecule has 1 aliphatic heterocycles. The SMILES string of the molecule is CC[C@@H](CNS(=O)(=O)C1(c2ccc(F)cc2)CC1)N1C(=O)[C@H](CC(=O)O)O[C@H](c2cccc(Cl)c2)[C@H]1c1ccc(Cl)cc1. The quantitative estimate of drug-likeness (QED) is 0.264. The molecule has 5 rings (SSSR count). The molecule has 0 radical (unpaired) electrons. The first-order chi connectivity index (χ1) is 20.5. The molecule has 1 aliphatic carbocycles. The van der Waals surface area contributed by atoms with Crippen LogP contribution in [0.1, 0.15) is 61.4 Å². The van der Waals surface area contributed by atoms with Gasteiger partial charge >= 0.3 is 5.97 Å². The number of hydrogen-bond acceptors (Lipinski definition) is 5. The Hall–Kier alpha value is -3.02. The Labute approximate surface area is 259 Å². The van der Waals surface area contributed by atoms with Crippen molar-refractivity contribution in [1.82, 2.24) is 9.62 Å². The summed E-state index contributed by atoms with van der Waals surface area (Å²) in [5, 5.41) is 10.5. The normalized spacial score (nSPS) is 22.3. The second-order valence-electron chi connectivity index (χ2n) is 10.9. The van der Waals surface area contributed by atoms with Crippen LogP contribution in [-0.4, -0.2) is 49.0 Å². The lowest BCUT2D eigenvalue weighted by molar-refractivity contribution is -0.183. The van der Waals surface area contributed by atoms with E-state index in [1.807, 2.05) is 6.92 Å². The Morgan fingerprint density at radius 3 is 2.33 bits per heavy atom. The van der Waals surface area contributed by atoms with E-state index >= 15 is 0 Å². The fraction of sp³-hybridized carbons (Fsp3) is 0.355. The third kappa shape index (κ3) is 6.44. The van der Waals surface area contributed by atoms with Crippen molar-refractivity contribution in [2.24, 2.45) is 0 Å². The van der Waals surface area contributed by atoms with E-state index in [4.69, 9.17) is 27.9 Å². The highest BCUT2D eigenvalue weighted by Gasteiger charge is 2.56. The van der Waals surface area contributed by atoms with Gasteiger partial charge in [-0.15, -0.1) is 0 Å². The van der Waals surface area contributed by atoms with Gasteiger partial charge in [0.05, 0.1) is 12.5 Å². The number of carboxylic acids is 1. The molecule has 12 heteroatoms. The van der Waals surface area contributed by atoms with Gasteiger partial charge in [0.1, 0.15) is 22.8 Å². The van der Waals surface area contributed by atoms with Crippen LogP contribution in [0.3, 0.4) is 0 Å². The summed E-state index contributed by atoms with van der Waals surface area (Å²) in [5.41, 5.74) is 1.80. The Morgan fingerprint density at radius 1 is 1.07 bits per heavy atom. The molecule has 0 aromatic heterocycles. The second kappa shape index (κ2) is 12.5. The molecular weight excluding hydrogens is 618 g/mol. The topological polar surface area (TPSA) is 113 Å². The van der Waals surface area contributed by atoms with E-state index in [1.165, 1.54) is 24.3 Å². The molecule has 3 aromatic rings. The molecule has 1 heterocycles. The third-order valence-corrected chi connectivity index (χ3v) is 10.8. The summed E-state index contributed by atoms with van der Waals surface area (Å²) in [5.74, 6) is -2.23. The molecule has 1 saturated carbocycles. The van der Waals surface area contributed by atoms with Gasteiger partial charge in [-0.05, 0) is 72.4 Å². The third-order valence-electron chi connectivity index (χ3n) is 8.14. The summed E-state index contributed by atoms with van der Waals surface area (Å²) in [6, 6.07) is 17.8. The number of carbonyl (C=O) groups is 2. The van der Waals surface area contributed by atoms with E-state index < -0.39 is 63.2 Å². The van der Waals surface area contributed by atoms with E-state index in [1.54, 1.807) is 53.4 Å². The summed E-state index contributed by atoms with van der Waals surface area (Å²) >= 11 is 12.5. The van der Waals surface area contributed by atoms with Crippen LogP contribution in [0.25, 0.3) is 0 Å². The number of benzene rings is 3. The molecule has 3 aromatic carbocycles. The van der Waals surface area contributed by atoms with Crippen molar-refractivity contribution < 1.29 is 32.2 Å². The predicted molar refractivity (Wildman–Crippen MR) is 161 cm³/mol. The van der Waals surface area contributed by atoms with E-state index in [2.05, 4.69) is 4.72 Å². The first kappa shape index (κ1) is 31.4. The van der Waals surface area contributed by atoms with Gasteiger partial charge in [0, 0.05) is 22.6 Å². The maximum Gasteiger partial charge on any atom is 0.306 e. The highest BCUT2D eigenvalue weighted by atomic mass is 35.5. The molecule has 228 valence electrons. The van der Waals surface area contributed by atoms with Gasteiger partial charge < -0.3 is 14.7 Å². The number of halogens is 3. The van der Waals surface area contributed by atoms with Gasteiger partial charge in [0.25, 0.3) is 5.91 Å². The number of rotatable bonds is 11. The van der Waals surface area contributed by atoms with E-state index in [0.29, 0.717) is 46.0 Å². The number of ether oxygens (including phenoxy) is 1. The lowest BCUT2D eigenvalue weighted by Crippen LogP contribution is -2.57. The molecule has 8 nitrogen and oxygen atoms in total. The average molecular weight is 650 g/mol. The second-order valence-corrected chi connectivity index (χ2v) is 13.8. The number of nitrogens with zero attached hydrogens (tertiary/aromatic N) is 1. The molecule has 0 bridgehead atoms. The van der Waals surface area contributed by atoms with Crippen LogP contribution in [0.4, 0.5) is 4.39 Å². The molecule has 2 N–H and O–H groups in total. The Morgan fingerprint density at radius 2 is 1.74 bits per heavy atom. The standard InChI is InChI=1S/C31H31Cl2FN2O6S/c1-2-25(18-35-43(40,41)31(14-15-31)21-8-12-24(34)13-9-21)36-28(19-6-10-22(32)11-7-19)29(20-4-3-5-23(33)16-20)42-26(30(36)39)17-27(37)38/h3-13,16,25-26,28-29,35H,2,14-15,17-18H2,1H3,(H,37,38)/t25-,26-,28+,29+/m0/s1. The van der Waals surface area contributed by atoms with Crippen LogP contribution in [0, 0.1) is 5.82 Å². The monoisotopic (exact) mass is 648 g/mol. The Bertz CT molecular complexity index is 1600. The van der Waals surface area contributed by atoms with Crippen molar-refractivity contribution in [1.29, 1.82) is 0 Å². The molecule has 2 aliphatic rings. The number of morpholine rings is 1. The van der Waals surface area contributed by atoms with Gasteiger partial charge in [-0.25, -0.2) is 17.5 Å². The van der Waals surface area contributed by atoms with Crippen LogP contribution >= 0.6 is 23.2 Å². The first-order valence-electron chi connectivity index (χ1n) is 13.9. The smallest absolute Gasteiger partial charge is 0.306 e. The number of carbonyl (C=O) groups excluding carboxylic acids is 1. The van der Waals surface area contributed by atoms with E-state index in [-0.39, 0.29) is 6.54 Å². The molecule has 4 atom stereocenters. The first-order valence-corrected chi connectivity index (χ1v) is 16.2. The van der Waals surface area contributed by atoms with Crippen LogP contribution in [0.2, 0.25) is 10.0 Å². The minimum Gasteiger partial charge on any atom is -0.481 e. The van der Waals surface area contributed by atoms with Gasteiger partial charge in [-0.1, -0.05) is 66.5 Å². The lowest BCUT2D eigenvalue weighted by Gasteiger charge is -2.48. The number of nitrogens with one attached hydrogen (secondary N) is 1. The molecule has 2 fully saturated rings. The fourth-order valence-electron chi connectivity index (χ4n) is 5.76. The Kier molecular flexibility index (Phi) is 9.15. The lowest BCUT2D eigenvalue weighted by atomic mass is 9.89. The van der Waals surface area contributed by atoms with Crippen molar-refractivity contribution in [3.05, 3.63) is 105 Å². The molecule has 1 amide bonds. The number of carboxylic acid groups (broad SMARTS) is 1. The molecule has 0 unspecified atom stereocenters. The Balaban J connectivity index is 1.53. The van der Waals surface area contributed by atoms with Gasteiger partial charge in [-0.3, -0.25) is 9.59 Å². The van der Waals surface area contributed by atoms with Crippen molar-refractivity contribution in [2.75, 3.05) is 6.54 Å². The van der Waals surface area contributed by atoms with E-state index in [0.717, 1.165) is 0 Å². The van der Waals surface area contributed by atoms with Crippen molar-refractivity contribution in [2.45, 2.75) is 61.6 Å². The number of amides is 1. The molecule has 0 spiro atoms. The van der Waals surface area contributed by atoms with Crippen molar-refractivity contribution in [3.63, 3.8) is 0 Å². The number of hydrogen-bond donors (Lipinski definition) is 2. The van der Waals surface area contributed by atoms with E-state index in [9.17, 15) is 27.5 Å². The maximum absolute atomic E-state index is 14.0. The van der Waals surface area contributed by atoms with Crippen LogP contribution in [0.5, 0.6) is 0 Å². The zero-order valence-electron chi connectivity index (χ0n) is 23.3. The summed E-state index contributed by atoms with van der Waals surface area (Å²) in [4.78, 5) is 27.3. The zero-order chi connectivity index (χ0) is 30.9. The summed E-state index contributed by atoms with van der Waals surface area (Å²) in [6.45, 7) is 1.70.